The van der Waals surface area contributed by atoms with Gasteiger partial charge in [0, 0.05) is 5.56 Å². The van der Waals surface area contributed by atoms with Crippen molar-refractivity contribution in [3.63, 3.8) is 0 Å². The number of nitrogens with one attached hydrogen (secondary N) is 1. The largest absolute Gasteiger partial charge is 0.491 e. The van der Waals surface area contributed by atoms with Crippen LogP contribution >= 0.6 is 0 Å². The smallest absolute Gasteiger partial charge is 0.255 e. The summed E-state index contributed by atoms with van der Waals surface area (Å²) in [7, 11) is 0. The number of carbonyl (C=O) groups is 1. The lowest BCUT2D eigenvalue weighted by Gasteiger charge is -2.13. The summed E-state index contributed by atoms with van der Waals surface area (Å²) in [5.41, 5.74) is 1.77. The molecule has 0 saturated heterocycles. The quantitative estimate of drug-likeness (QED) is 0.875. The average molecular weight is 273 g/mol. The first-order chi connectivity index (χ1) is 9.66. The van der Waals surface area contributed by atoms with Gasteiger partial charge in [-0.05, 0) is 30.7 Å². The summed E-state index contributed by atoms with van der Waals surface area (Å²) in [6.45, 7) is 2.71. The topological polar surface area (TPSA) is 71.7 Å². The number of hydrogen-bond acceptors (Lipinski definition) is 4. The number of ether oxygens (including phenoxy) is 1. The second kappa shape index (κ2) is 5.02. The lowest BCUT2D eigenvalue weighted by molar-refractivity contribution is 0.0957. The van der Waals surface area contributed by atoms with E-state index in [2.05, 4.69) is 5.32 Å². The summed E-state index contributed by atoms with van der Waals surface area (Å²) in [4.78, 5) is 11.9. The molecular weight excluding hydrogens is 258 g/mol. The van der Waals surface area contributed by atoms with Gasteiger partial charge in [0.25, 0.3) is 5.91 Å². The molecule has 1 amide bonds. The van der Waals surface area contributed by atoms with Gasteiger partial charge in [0.15, 0.2) is 0 Å². The van der Waals surface area contributed by atoms with Crippen molar-refractivity contribution in [2.45, 2.75) is 13.0 Å². The summed E-state index contributed by atoms with van der Waals surface area (Å²) in [5.74, 6) is 1.02. The SMILES string of the molecule is Cc1occc1C(O)c1ccc2c(c1)C(=O)NCCO2. The molecule has 2 N–H and O–H groups in total. The fourth-order valence-electron chi connectivity index (χ4n) is 2.30. The molecule has 0 fully saturated rings. The summed E-state index contributed by atoms with van der Waals surface area (Å²) in [5, 5.41) is 13.1. The van der Waals surface area contributed by atoms with Gasteiger partial charge in [0.2, 0.25) is 0 Å². The first-order valence-electron chi connectivity index (χ1n) is 6.44. The molecule has 1 atom stereocenters. The van der Waals surface area contributed by atoms with Crippen molar-refractivity contribution in [1.29, 1.82) is 0 Å². The van der Waals surface area contributed by atoms with Gasteiger partial charge in [0.1, 0.15) is 24.2 Å². The Morgan fingerprint density at radius 3 is 2.95 bits per heavy atom. The Labute approximate surface area is 116 Å². The maximum absolute atomic E-state index is 11.9. The number of aryl methyl sites for hydroxylation is 1. The van der Waals surface area contributed by atoms with E-state index >= 15 is 0 Å². The van der Waals surface area contributed by atoms with Crippen LogP contribution in [0, 0.1) is 6.92 Å². The van der Waals surface area contributed by atoms with E-state index in [1.807, 2.05) is 0 Å². The van der Waals surface area contributed by atoms with Crippen molar-refractivity contribution in [3.8, 4) is 5.75 Å². The van der Waals surface area contributed by atoms with Crippen LogP contribution in [0.3, 0.4) is 0 Å². The molecule has 5 heteroatoms. The molecule has 0 aliphatic carbocycles. The zero-order valence-corrected chi connectivity index (χ0v) is 11.1. The highest BCUT2D eigenvalue weighted by Gasteiger charge is 2.21. The first kappa shape index (κ1) is 12.7. The lowest BCUT2D eigenvalue weighted by Crippen LogP contribution is -2.24. The molecule has 1 unspecified atom stereocenters. The molecule has 2 aromatic rings. The molecule has 1 aromatic carbocycles. The average Bonchev–Trinajstić information content (AvgIpc) is 2.79. The Morgan fingerprint density at radius 1 is 1.35 bits per heavy atom. The third-order valence-electron chi connectivity index (χ3n) is 3.40. The van der Waals surface area contributed by atoms with Gasteiger partial charge in [-0.25, -0.2) is 0 Å². The molecule has 3 rings (SSSR count). The normalized spacial score (nSPS) is 15.8. The molecule has 0 radical (unpaired) electrons. The maximum atomic E-state index is 11.9. The molecule has 20 heavy (non-hydrogen) atoms. The van der Waals surface area contributed by atoms with Gasteiger partial charge in [-0.15, -0.1) is 0 Å². The van der Waals surface area contributed by atoms with E-state index in [0.29, 0.717) is 41.4 Å². The summed E-state index contributed by atoms with van der Waals surface area (Å²) < 4.78 is 10.7. The van der Waals surface area contributed by atoms with Crippen molar-refractivity contribution in [1.82, 2.24) is 5.32 Å². The molecule has 0 saturated carbocycles. The van der Waals surface area contributed by atoms with E-state index in [9.17, 15) is 9.90 Å². The summed E-state index contributed by atoms with van der Waals surface area (Å²) in [6.07, 6.45) is 0.711. The van der Waals surface area contributed by atoms with Crippen molar-refractivity contribution >= 4 is 5.91 Å². The number of carbonyl (C=O) groups excluding carboxylic acids is 1. The molecule has 1 aromatic heterocycles. The summed E-state index contributed by atoms with van der Waals surface area (Å²) >= 11 is 0. The van der Waals surface area contributed by atoms with Crippen molar-refractivity contribution in [2.24, 2.45) is 0 Å². The highest BCUT2D eigenvalue weighted by molar-refractivity contribution is 5.97. The molecule has 104 valence electrons. The van der Waals surface area contributed by atoms with Gasteiger partial charge in [0.05, 0.1) is 18.4 Å². The Balaban J connectivity index is 2.00. The van der Waals surface area contributed by atoms with Crippen LogP contribution in [-0.4, -0.2) is 24.2 Å². The predicted molar refractivity (Wildman–Crippen MR) is 71.8 cm³/mol. The van der Waals surface area contributed by atoms with Crippen molar-refractivity contribution in [2.75, 3.05) is 13.2 Å². The van der Waals surface area contributed by atoms with Gasteiger partial charge in [-0.2, -0.15) is 0 Å². The number of aliphatic hydroxyl groups is 1. The molecular formula is C15H15NO4. The minimum Gasteiger partial charge on any atom is -0.491 e. The van der Waals surface area contributed by atoms with Crippen LogP contribution in [0.25, 0.3) is 0 Å². The highest BCUT2D eigenvalue weighted by atomic mass is 16.5. The summed E-state index contributed by atoms with van der Waals surface area (Å²) in [6, 6.07) is 6.86. The van der Waals surface area contributed by atoms with Crippen LogP contribution in [-0.2, 0) is 0 Å². The van der Waals surface area contributed by atoms with Crippen molar-refractivity contribution < 1.29 is 19.1 Å². The van der Waals surface area contributed by atoms with Crippen molar-refractivity contribution in [3.05, 3.63) is 53.0 Å². The van der Waals surface area contributed by atoms with E-state index in [1.165, 1.54) is 6.26 Å². The number of furan rings is 1. The number of rotatable bonds is 2. The second-order valence-corrected chi connectivity index (χ2v) is 4.69. The maximum Gasteiger partial charge on any atom is 0.255 e. The van der Waals surface area contributed by atoms with Gasteiger partial charge >= 0.3 is 0 Å². The molecule has 2 heterocycles. The number of fused-ring (bicyclic) bond motifs is 1. The van der Waals surface area contributed by atoms with Crippen LogP contribution < -0.4 is 10.1 Å². The third kappa shape index (κ3) is 2.16. The van der Waals surface area contributed by atoms with Crippen LogP contribution in [0.4, 0.5) is 0 Å². The number of amides is 1. The van der Waals surface area contributed by atoms with Crippen LogP contribution in [0.2, 0.25) is 0 Å². The Hall–Kier alpha value is -2.27. The fraction of sp³-hybridized carbons (Fsp3) is 0.267. The number of benzene rings is 1. The Morgan fingerprint density at radius 2 is 2.20 bits per heavy atom. The second-order valence-electron chi connectivity index (χ2n) is 4.69. The number of hydrogen-bond donors (Lipinski definition) is 2. The Bertz CT molecular complexity index is 647. The van der Waals surface area contributed by atoms with Crippen LogP contribution in [0.5, 0.6) is 5.75 Å². The predicted octanol–water partition coefficient (Wildman–Crippen LogP) is 1.79. The van der Waals surface area contributed by atoms with E-state index < -0.39 is 6.10 Å². The standard InChI is InChI=1S/C15H15NO4/c1-9-11(4-6-19-9)14(17)10-2-3-13-12(8-10)15(18)16-5-7-20-13/h2-4,6,8,14,17H,5,7H2,1H3,(H,16,18). The minimum absolute atomic E-state index is 0.185. The molecule has 0 spiro atoms. The monoisotopic (exact) mass is 273 g/mol. The van der Waals surface area contributed by atoms with Gasteiger partial charge in [-0.1, -0.05) is 6.07 Å². The minimum atomic E-state index is -0.824. The third-order valence-corrected chi connectivity index (χ3v) is 3.40. The first-order valence-corrected chi connectivity index (χ1v) is 6.44. The Kier molecular flexibility index (Phi) is 3.20. The lowest BCUT2D eigenvalue weighted by atomic mass is 9.99. The zero-order valence-electron chi connectivity index (χ0n) is 11.1. The fourth-order valence-corrected chi connectivity index (χ4v) is 2.30. The highest BCUT2D eigenvalue weighted by Crippen LogP contribution is 2.29. The molecule has 0 bridgehead atoms. The van der Waals surface area contributed by atoms with E-state index in [1.54, 1.807) is 31.2 Å². The van der Waals surface area contributed by atoms with E-state index in [0.717, 1.165) is 0 Å². The van der Waals surface area contributed by atoms with Gasteiger partial charge < -0.3 is 19.6 Å². The molecule has 5 nitrogen and oxygen atoms in total. The van der Waals surface area contributed by atoms with Crippen LogP contribution in [0.1, 0.15) is 33.3 Å². The van der Waals surface area contributed by atoms with E-state index in [-0.39, 0.29) is 5.91 Å². The van der Waals surface area contributed by atoms with E-state index in [4.69, 9.17) is 9.15 Å². The van der Waals surface area contributed by atoms with Crippen LogP contribution in [0.15, 0.2) is 34.9 Å². The number of aliphatic hydroxyl groups excluding tert-OH is 1. The molecule has 1 aliphatic heterocycles. The molecule has 1 aliphatic rings. The zero-order chi connectivity index (χ0) is 14.1. The van der Waals surface area contributed by atoms with Gasteiger partial charge in [-0.3, -0.25) is 4.79 Å².